The second-order valence-corrected chi connectivity index (χ2v) is 13.2. The Hall–Kier alpha value is -3.08. The van der Waals surface area contributed by atoms with Crippen LogP contribution in [0.1, 0.15) is 47.4 Å². The number of nitrogens with zero attached hydrogens (tertiary/aromatic N) is 4. The minimum atomic E-state index is -3.61. The van der Waals surface area contributed by atoms with Crippen molar-refractivity contribution < 1.29 is 13.2 Å². The number of rotatable bonds is 5. The predicted molar refractivity (Wildman–Crippen MR) is 147 cm³/mol. The summed E-state index contributed by atoms with van der Waals surface area (Å²) in [4.78, 5) is 18.0. The second-order valence-electron chi connectivity index (χ2n) is 10.2. The molecule has 2 atom stereocenters. The molecule has 37 heavy (non-hydrogen) atoms. The highest BCUT2D eigenvalue weighted by molar-refractivity contribution is 7.89. The van der Waals surface area contributed by atoms with E-state index in [9.17, 15) is 13.2 Å². The zero-order chi connectivity index (χ0) is 26.5. The van der Waals surface area contributed by atoms with Gasteiger partial charge in [0.05, 0.1) is 20.8 Å². The Morgan fingerprint density at radius 1 is 1.00 bits per heavy atom. The van der Waals surface area contributed by atoms with E-state index in [1.807, 2.05) is 6.92 Å². The molecule has 2 aromatic carbocycles. The zero-order valence-electron chi connectivity index (χ0n) is 21.6. The monoisotopic (exact) mass is 537 g/mol. The lowest BCUT2D eigenvalue weighted by Gasteiger charge is -2.34. The van der Waals surface area contributed by atoms with Gasteiger partial charge in [0, 0.05) is 24.7 Å². The molecule has 1 amide bonds. The molecule has 0 bridgehead atoms. The van der Waals surface area contributed by atoms with Gasteiger partial charge < -0.3 is 5.32 Å². The molecule has 1 aliphatic heterocycles. The maximum absolute atomic E-state index is 13.2. The lowest BCUT2D eigenvalue weighted by atomic mass is 9.94. The number of sulfonamides is 1. The van der Waals surface area contributed by atoms with Crippen LogP contribution in [0.3, 0.4) is 0 Å². The van der Waals surface area contributed by atoms with E-state index < -0.39 is 10.0 Å². The van der Waals surface area contributed by atoms with Gasteiger partial charge in [-0.3, -0.25) is 4.79 Å². The van der Waals surface area contributed by atoms with Crippen molar-refractivity contribution in [2.45, 2.75) is 45.9 Å². The SMILES string of the molecule is Cc1cc(NC(=O)c2ccc(S(=O)(=O)N3CC(C)CC(C)C3)cc2)n(-c2nc3cc(C)c(C)cc3s2)n1. The maximum atomic E-state index is 13.2. The molecule has 0 aliphatic carbocycles. The third-order valence-electron chi connectivity index (χ3n) is 6.84. The van der Waals surface area contributed by atoms with Crippen molar-refractivity contribution in [3.8, 4) is 5.13 Å². The average molecular weight is 538 g/mol. The van der Waals surface area contributed by atoms with E-state index >= 15 is 0 Å². The van der Waals surface area contributed by atoms with Crippen LogP contribution >= 0.6 is 11.3 Å². The van der Waals surface area contributed by atoms with Crippen LogP contribution in [0, 0.1) is 32.6 Å². The minimum Gasteiger partial charge on any atom is -0.306 e. The number of nitrogens with one attached hydrogen (secondary N) is 1. The Bertz CT molecular complexity index is 1540. The number of amides is 1. The van der Waals surface area contributed by atoms with E-state index in [1.54, 1.807) is 27.2 Å². The molecule has 0 saturated carbocycles. The Balaban J connectivity index is 1.37. The van der Waals surface area contributed by atoms with Crippen LogP contribution in [-0.2, 0) is 10.0 Å². The minimum absolute atomic E-state index is 0.200. The van der Waals surface area contributed by atoms with Gasteiger partial charge in [0.15, 0.2) is 0 Å². The van der Waals surface area contributed by atoms with Gasteiger partial charge in [-0.05, 0) is 86.6 Å². The molecule has 3 heterocycles. The molecule has 0 spiro atoms. The van der Waals surface area contributed by atoms with E-state index in [1.165, 1.54) is 34.6 Å². The molecule has 2 aromatic heterocycles. The number of aromatic nitrogens is 3. The number of benzene rings is 2. The number of carbonyl (C=O) groups is 1. The Kier molecular flexibility index (Phi) is 6.68. The normalized spacial score (nSPS) is 18.8. The zero-order valence-corrected chi connectivity index (χ0v) is 23.3. The predicted octanol–water partition coefficient (Wildman–Crippen LogP) is 5.33. The van der Waals surface area contributed by atoms with Gasteiger partial charge >= 0.3 is 0 Å². The fourth-order valence-electron chi connectivity index (χ4n) is 4.91. The van der Waals surface area contributed by atoms with E-state index in [0.717, 1.165) is 22.3 Å². The number of piperidine rings is 1. The van der Waals surface area contributed by atoms with Crippen molar-refractivity contribution >= 4 is 43.3 Å². The van der Waals surface area contributed by atoms with Crippen molar-refractivity contribution in [3.05, 3.63) is 64.8 Å². The molecule has 5 rings (SSSR count). The summed E-state index contributed by atoms with van der Waals surface area (Å²) in [6, 6.07) is 12.1. The van der Waals surface area contributed by atoms with E-state index in [2.05, 4.69) is 50.2 Å². The van der Waals surface area contributed by atoms with Gasteiger partial charge in [0.25, 0.3) is 5.91 Å². The Morgan fingerprint density at radius 3 is 2.32 bits per heavy atom. The highest BCUT2D eigenvalue weighted by Gasteiger charge is 2.31. The molecule has 1 saturated heterocycles. The summed E-state index contributed by atoms with van der Waals surface area (Å²) in [6.45, 7) is 11.2. The van der Waals surface area contributed by atoms with Crippen LogP contribution in [0.15, 0.2) is 47.4 Å². The Morgan fingerprint density at radius 2 is 1.65 bits per heavy atom. The smallest absolute Gasteiger partial charge is 0.256 e. The summed E-state index contributed by atoms with van der Waals surface area (Å²) >= 11 is 1.51. The van der Waals surface area contributed by atoms with Gasteiger partial charge in [-0.25, -0.2) is 13.4 Å². The highest BCUT2D eigenvalue weighted by atomic mass is 32.2. The molecule has 194 valence electrons. The van der Waals surface area contributed by atoms with Gasteiger partial charge in [0.1, 0.15) is 5.82 Å². The molecule has 2 unspecified atom stereocenters. The summed E-state index contributed by atoms with van der Waals surface area (Å²) < 4.78 is 30.6. The number of hydrogen-bond acceptors (Lipinski definition) is 6. The van der Waals surface area contributed by atoms with Gasteiger partial charge in [0.2, 0.25) is 15.2 Å². The van der Waals surface area contributed by atoms with Crippen molar-refractivity contribution in [2.75, 3.05) is 18.4 Å². The maximum Gasteiger partial charge on any atom is 0.256 e. The number of thiazole rings is 1. The van der Waals surface area contributed by atoms with Gasteiger partial charge in [-0.2, -0.15) is 14.1 Å². The summed E-state index contributed by atoms with van der Waals surface area (Å²) in [7, 11) is -3.61. The summed E-state index contributed by atoms with van der Waals surface area (Å²) in [5.74, 6) is 0.793. The van der Waals surface area contributed by atoms with Crippen LogP contribution in [0.2, 0.25) is 0 Å². The van der Waals surface area contributed by atoms with Crippen LogP contribution in [0.25, 0.3) is 15.3 Å². The molecule has 10 heteroatoms. The first-order chi connectivity index (χ1) is 17.5. The van der Waals surface area contributed by atoms with Crippen molar-refractivity contribution in [2.24, 2.45) is 11.8 Å². The standard InChI is InChI=1S/C27H31N5O3S2/c1-16-10-17(2)15-31(14-16)37(34,35)22-8-6-21(7-9-22)26(33)29-25-13-20(5)30-32(25)27-28-23-11-18(3)19(4)12-24(23)36-27/h6-9,11-13,16-17H,10,14-15H2,1-5H3,(H,29,33). The lowest BCUT2D eigenvalue weighted by molar-refractivity contribution is 0.102. The second kappa shape index (κ2) is 9.66. The lowest BCUT2D eigenvalue weighted by Crippen LogP contribution is -2.42. The summed E-state index contributed by atoms with van der Waals surface area (Å²) in [5, 5.41) is 8.12. The van der Waals surface area contributed by atoms with Crippen molar-refractivity contribution in [3.63, 3.8) is 0 Å². The topological polar surface area (TPSA) is 97.2 Å². The first-order valence-electron chi connectivity index (χ1n) is 12.4. The third kappa shape index (κ3) is 5.05. The first kappa shape index (κ1) is 25.6. The van der Waals surface area contributed by atoms with Crippen LogP contribution in [0.4, 0.5) is 5.82 Å². The number of hydrogen-bond donors (Lipinski definition) is 1. The van der Waals surface area contributed by atoms with Crippen LogP contribution < -0.4 is 5.32 Å². The van der Waals surface area contributed by atoms with Crippen molar-refractivity contribution in [1.29, 1.82) is 0 Å². The quantitative estimate of drug-likeness (QED) is 0.371. The van der Waals surface area contributed by atoms with Crippen molar-refractivity contribution in [1.82, 2.24) is 19.1 Å². The highest BCUT2D eigenvalue weighted by Crippen LogP contribution is 2.30. The van der Waals surface area contributed by atoms with E-state index in [0.29, 0.717) is 41.4 Å². The fourth-order valence-corrected chi connectivity index (χ4v) is 7.60. The molecule has 8 nitrogen and oxygen atoms in total. The van der Waals surface area contributed by atoms with Crippen LogP contribution in [-0.4, -0.2) is 46.5 Å². The fraction of sp³-hybridized carbons (Fsp3) is 0.370. The molecule has 1 aliphatic rings. The number of carbonyl (C=O) groups excluding carboxylic acids is 1. The molecule has 4 aromatic rings. The number of anilines is 1. The summed E-state index contributed by atoms with van der Waals surface area (Å²) in [6.07, 6.45) is 1.03. The van der Waals surface area contributed by atoms with E-state index in [4.69, 9.17) is 4.98 Å². The molecule has 1 N–H and O–H groups in total. The molecular weight excluding hydrogens is 506 g/mol. The number of aryl methyl sites for hydroxylation is 3. The van der Waals surface area contributed by atoms with E-state index in [-0.39, 0.29) is 10.8 Å². The summed E-state index contributed by atoms with van der Waals surface area (Å²) in [5.41, 5.74) is 4.36. The van der Waals surface area contributed by atoms with Gasteiger partial charge in [-0.15, -0.1) is 0 Å². The Labute approximate surface area is 221 Å². The average Bonchev–Trinajstić information content (AvgIpc) is 3.41. The van der Waals surface area contributed by atoms with Crippen LogP contribution in [0.5, 0.6) is 0 Å². The largest absolute Gasteiger partial charge is 0.306 e. The molecule has 1 fully saturated rings. The molecular formula is C27H31N5O3S2. The van der Waals surface area contributed by atoms with Gasteiger partial charge in [-0.1, -0.05) is 25.2 Å². The number of fused-ring (bicyclic) bond motifs is 1. The third-order valence-corrected chi connectivity index (χ3v) is 9.68. The first-order valence-corrected chi connectivity index (χ1v) is 14.6. The molecule has 0 radical (unpaired) electrons.